The van der Waals surface area contributed by atoms with Gasteiger partial charge in [-0.3, -0.25) is 4.79 Å². The number of hydrogen-bond donors (Lipinski definition) is 0. The first-order valence-electron chi connectivity index (χ1n) is 9.92. The molecule has 7 heteroatoms. The van der Waals surface area contributed by atoms with Crippen LogP contribution in [0.4, 0.5) is 0 Å². The van der Waals surface area contributed by atoms with Crippen LogP contribution >= 0.6 is 11.3 Å². The lowest BCUT2D eigenvalue weighted by molar-refractivity contribution is 0.0759. The first-order valence-corrected chi connectivity index (χ1v) is 10.7. The predicted octanol–water partition coefficient (Wildman–Crippen LogP) is 4.64. The van der Waals surface area contributed by atoms with E-state index in [1.807, 2.05) is 56.3 Å². The van der Waals surface area contributed by atoms with Crippen molar-refractivity contribution in [2.75, 3.05) is 33.7 Å². The van der Waals surface area contributed by atoms with E-state index < -0.39 is 0 Å². The quantitative estimate of drug-likeness (QED) is 0.436. The minimum atomic E-state index is 0.00210. The van der Waals surface area contributed by atoms with Gasteiger partial charge in [-0.05, 0) is 44.3 Å². The highest BCUT2D eigenvalue weighted by Crippen LogP contribution is 2.33. The van der Waals surface area contributed by atoms with Crippen molar-refractivity contribution in [1.29, 1.82) is 0 Å². The molecule has 0 aliphatic rings. The van der Waals surface area contributed by atoms with Crippen molar-refractivity contribution in [3.8, 4) is 21.8 Å². The summed E-state index contributed by atoms with van der Waals surface area (Å²) in [4.78, 5) is 21.9. The van der Waals surface area contributed by atoms with Crippen molar-refractivity contribution >= 4 is 28.2 Å². The molecule has 4 rings (SSSR count). The summed E-state index contributed by atoms with van der Waals surface area (Å²) in [6, 6.07) is 16.2. The number of rotatable bonds is 7. The molecular weight excluding hydrogens is 396 g/mol. The predicted molar refractivity (Wildman–Crippen MR) is 121 cm³/mol. The van der Waals surface area contributed by atoms with Crippen LogP contribution in [0.1, 0.15) is 16.6 Å². The smallest absolute Gasteiger partial charge is 0.265 e. The number of carbonyl (C=O) groups is 1. The van der Waals surface area contributed by atoms with E-state index in [2.05, 4.69) is 33.2 Å². The van der Waals surface area contributed by atoms with Crippen LogP contribution in [0.15, 0.2) is 59.3 Å². The highest BCUT2D eigenvalue weighted by Gasteiger charge is 2.20. The number of likely N-dealkylation sites (N-methyl/N-ethyl adjacent to an activating group) is 2. The largest absolute Gasteiger partial charge is 0.356 e. The number of thiazole rings is 1. The maximum Gasteiger partial charge on any atom is 0.265 e. The van der Waals surface area contributed by atoms with Gasteiger partial charge in [0, 0.05) is 19.6 Å². The summed E-state index contributed by atoms with van der Waals surface area (Å²) in [5, 5.41) is 5.82. The molecule has 2 aromatic heterocycles. The molecule has 0 saturated carbocycles. The number of benzene rings is 2. The lowest BCUT2D eigenvalue weighted by atomic mass is 10.0. The molecule has 0 spiro atoms. The number of fused-ring (bicyclic) bond motifs is 1. The zero-order chi connectivity index (χ0) is 21.1. The molecule has 4 aromatic rings. The Morgan fingerprint density at radius 3 is 2.60 bits per heavy atom. The molecule has 0 radical (unpaired) electrons. The van der Waals surface area contributed by atoms with Crippen molar-refractivity contribution in [3.05, 3.63) is 59.6 Å². The van der Waals surface area contributed by atoms with Crippen LogP contribution in [0.2, 0.25) is 0 Å². The lowest BCUT2D eigenvalue weighted by Crippen LogP contribution is -2.36. The second-order valence-corrected chi connectivity index (χ2v) is 8.36. The number of carbonyl (C=O) groups excluding carboxylic acids is 1. The molecule has 0 aliphatic heterocycles. The lowest BCUT2D eigenvalue weighted by Gasteiger charge is -2.21. The summed E-state index contributed by atoms with van der Waals surface area (Å²) in [6.45, 7) is 4.16. The van der Waals surface area contributed by atoms with E-state index in [0.29, 0.717) is 34.3 Å². The summed E-state index contributed by atoms with van der Waals surface area (Å²) in [7, 11) is 4.00. The first-order chi connectivity index (χ1) is 14.6. The van der Waals surface area contributed by atoms with E-state index >= 15 is 0 Å². The van der Waals surface area contributed by atoms with Crippen molar-refractivity contribution in [3.63, 3.8) is 0 Å². The summed E-state index contributed by atoms with van der Waals surface area (Å²) in [5.74, 6) is 0.00210. The van der Waals surface area contributed by atoms with Crippen LogP contribution in [-0.2, 0) is 0 Å². The molecule has 1 amide bonds. The molecule has 2 aromatic carbocycles. The average Bonchev–Trinajstić information content (AvgIpc) is 3.41. The molecule has 0 fully saturated rings. The van der Waals surface area contributed by atoms with Gasteiger partial charge in [-0.15, -0.1) is 11.3 Å². The van der Waals surface area contributed by atoms with Gasteiger partial charge in [0.15, 0.2) is 5.58 Å². The van der Waals surface area contributed by atoms with Gasteiger partial charge in [-0.1, -0.05) is 41.6 Å². The highest BCUT2D eigenvalue weighted by molar-refractivity contribution is 7.17. The summed E-state index contributed by atoms with van der Waals surface area (Å²) < 4.78 is 5.58. The minimum absolute atomic E-state index is 0.00210. The number of amides is 1. The monoisotopic (exact) mass is 420 g/mol. The topological polar surface area (TPSA) is 62.5 Å². The van der Waals surface area contributed by atoms with E-state index in [1.165, 1.54) is 11.3 Å². The zero-order valence-corrected chi connectivity index (χ0v) is 18.1. The van der Waals surface area contributed by atoms with Gasteiger partial charge in [-0.2, -0.15) is 0 Å². The molecule has 154 valence electrons. The molecule has 30 heavy (non-hydrogen) atoms. The Balaban J connectivity index is 1.59. The van der Waals surface area contributed by atoms with Gasteiger partial charge >= 0.3 is 0 Å². The van der Waals surface area contributed by atoms with E-state index in [0.717, 1.165) is 23.1 Å². The van der Waals surface area contributed by atoms with Crippen molar-refractivity contribution in [2.24, 2.45) is 0 Å². The average molecular weight is 421 g/mol. The number of nitrogens with zero attached hydrogens (tertiary/aromatic N) is 4. The summed E-state index contributed by atoms with van der Waals surface area (Å²) in [6.07, 6.45) is 1.64. The molecular formula is C23H24N4O2S. The van der Waals surface area contributed by atoms with Gasteiger partial charge in [0.2, 0.25) is 0 Å². The third-order valence-electron chi connectivity index (χ3n) is 4.98. The van der Waals surface area contributed by atoms with Crippen molar-refractivity contribution in [1.82, 2.24) is 19.9 Å². The van der Waals surface area contributed by atoms with Crippen LogP contribution in [0.5, 0.6) is 0 Å². The van der Waals surface area contributed by atoms with Gasteiger partial charge in [-0.25, -0.2) is 4.98 Å². The van der Waals surface area contributed by atoms with Crippen LogP contribution in [-0.4, -0.2) is 59.6 Å². The Bertz CT molecular complexity index is 1150. The Morgan fingerprint density at radius 1 is 1.07 bits per heavy atom. The fourth-order valence-corrected chi connectivity index (χ4v) is 4.14. The summed E-state index contributed by atoms with van der Waals surface area (Å²) in [5.41, 5.74) is 3.57. The molecule has 6 nitrogen and oxygen atoms in total. The third kappa shape index (κ3) is 4.13. The molecule has 0 atom stereocenters. The highest BCUT2D eigenvalue weighted by atomic mass is 32.1. The third-order valence-corrected chi connectivity index (χ3v) is 5.98. The van der Waals surface area contributed by atoms with Crippen molar-refractivity contribution in [2.45, 2.75) is 6.92 Å². The fourth-order valence-electron chi connectivity index (χ4n) is 3.26. The fraction of sp³-hybridized carbons (Fsp3) is 0.261. The molecule has 0 aliphatic carbocycles. The molecule has 0 bridgehead atoms. The molecule has 2 heterocycles. The maximum atomic E-state index is 12.9. The Hall–Kier alpha value is -3.03. The SMILES string of the molecule is CCN(CCN(C)C)C(=O)c1cnc(-c2noc3cc(-c4ccccc4)ccc23)s1. The van der Waals surface area contributed by atoms with Crippen LogP contribution in [0.3, 0.4) is 0 Å². The number of hydrogen-bond acceptors (Lipinski definition) is 6. The van der Waals surface area contributed by atoms with E-state index in [9.17, 15) is 4.79 Å². The van der Waals surface area contributed by atoms with Gasteiger partial charge < -0.3 is 14.3 Å². The molecule has 0 saturated heterocycles. The normalized spacial score (nSPS) is 11.3. The second-order valence-electron chi connectivity index (χ2n) is 7.33. The van der Waals surface area contributed by atoms with Gasteiger partial charge in [0.05, 0.1) is 11.6 Å². The van der Waals surface area contributed by atoms with Crippen LogP contribution in [0.25, 0.3) is 32.8 Å². The maximum absolute atomic E-state index is 12.9. The van der Waals surface area contributed by atoms with Crippen molar-refractivity contribution < 1.29 is 9.32 Å². The standard InChI is InChI=1S/C23H24N4O2S/c1-4-27(13-12-26(2)3)23(28)20-15-24-22(30-20)21-18-11-10-17(14-19(18)29-25-21)16-8-6-5-7-9-16/h5-11,14-15H,4,12-13H2,1-3H3. The Morgan fingerprint density at radius 2 is 1.87 bits per heavy atom. The summed E-state index contributed by atoms with van der Waals surface area (Å²) >= 11 is 1.35. The van der Waals surface area contributed by atoms with E-state index in [4.69, 9.17) is 4.52 Å². The molecule has 0 N–H and O–H groups in total. The van der Waals surface area contributed by atoms with Gasteiger partial charge in [0.25, 0.3) is 5.91 Å². The van der Waals surface area contributed by atoms with E-state index in [-0.39, 0.29) is 5.91 Å². The van der Waals surface area contributed by atoms with Crippen LogP contribution < -0.4 is 0 Å². The molecule has 0 unspecified atom stereocenters. The second kappa shape index (κ2) is 8.77. The van der Waals surface area contributed by atoms with Crippen LogP contribution in [0, 0.1) is 0 Å². The number of aromatic nitrogens is 2. The first kappa shape index (κ1) is 20.3. The Labute approximate surface area is 179 Å². The Kier molecular flexibility index (Phi) is 5.92. The van der Waals surface area contributed by atoms with Gasteiger partial charge in [0.1, 0.15) is 15.6 Å². The minimum Gasteiger partial charge on any atom is -0.356 e. The van der Waals surface area contributed by atoms with E-state index in [1.54, 1.807) is 6.20 Å². The zero-order valence-electron chi connectivity index (χ0n) is 17.3.